The molecule has 32 heavy (non-hydrogen) atoms. The van der Waals surface area contributed by atoms with E-state index in [2.05, 4.69) is 0 Å². The van der Waals surface area contributed by atoms with Crippen LogP contribution in [0.5, 0.6) is 11.5 Å². The molecule has 0 saturated carbocycles. The maximum absolute atomic E-state index is 13.6. The lowest BCUT2D eigenvalue weighted by atomic mass is 9.90. The number of hydroxylamine groups is 1. The van der Waals surface area contributed by atoms with Crippen LogP contribution in [-0.4, -0.2) is 30.1 Å². The van der Waals surface area contributed by atoms with Gasteiger partial charge >= 0.3 is 0 Å². The first-order chi connectivity index (χ1) is 15.5. The van der Waals surface area contributed by atoms with Crippen LogP contribution >= 0.6 is 0 Å². The van der Waals surface area contributed by atoms with Crippen molar-refractivity contribution in [1.29, 1.82) is 0 Å². The number of anilines is 2. The molecular formula is C25H22N2O5. The molecule has 0 aromatic heterocycles. The summed E-state index contributed by atoms with van der Waals surface area (Å²) in [4.78, 5) is 34.3. The number of carbonyl (C=O) groups is 2. The van der Waals surface area contributed by atoms with Crippen molar-refractivity contribution in [2.75, 3.05) is 17.1 Å². The molecule has 7 nitrogen and oxygen atoms in total. The normalized spacial score (nSPS) is 22.4. The molecule has 0 bridgehead atoms. The predicted octanol–water partition coefficient (Wildman–Crippen LogP) is 3.76. The van der Waals surface area contributed by atoms with E-state index in [-0.39, 0.29) is 23.3 Å². The second-order valence-electron chi connectivity index (χ2n) is 7.94. The zero-order valence-corrected chi connectivity index (χ0v) is 17.6. The first-order valence-corrected chi connectivity index (χ1v) is 10.3. The number of aromatic hydroxyl groups is 1. The van der Waals surface area contributed by atoms with E-state index in [1.165, 1.54) is 18.1 Å². The van der Waals surface area contributed by atoms with E-state index in [0.717, 1.165) is 11.3 Å². The van der Waals surface area contributed by atoms with E-state index in [4.69, 9.17) is 9.57 Å². The summed E-state index contributed by atoms with van der Waals surface area (Å²) >= 11 is 0. The molecule has 0 unspecified atom stereocenters. The van der Waals surface area contributed by atoms with Crippen LogP contribution in [0.15, 0.2) is 72.8 Å². The second kappa shape index (κ2) is 7.69. The van der Waals surface area contributed by atoms with Gasteiger partial charge < -0.3 is 9.84 Å². The molecule has 3 aromatic carbocycles. The summed E-state index contributed by atoms with van der Waals surface area (Å²) in [5.41, 5.74) is 2.91. The Bertz CT molecular complexity index is 1200. The van der Waals surface area contributed by atoms with Gasteiger partial charge in [0, 0.05) is 0 Å². The number of amides is 2. The third-order valence-electron chi connectivity index (χ3n) is 5.93. The van der Waals surface area contributed by atoms with Crippen LogP contribution in [0, 0.1) is 12.8 Å². The van der Waals surface area contributed by atoms with Crippen molar-refractivity contribution in [1.82, 2.24) is 0 Å². The third-order valence-corrected chi connectivity index (χ3v) is 5.93. The number of fused-ring (bicyclic) bond motifs is 1. The van der Waals surface area contributed by atoms with Crippen LogP contribution in [0.4, 0.5) is 11.4 Å². The fourth-order valence-corrected chi connectivity index (χ4v) is 4.45. The Morgan fingerprint density at radius 3 is 2.38 bits per heavy atom. The number of imide groups is 1. The summed E-state index contributed by atoms with van der Waals surface area (Å²) in [5, 5.41) is 11.7. The standard InChI is InChI=1S/C25H22N2O5/c1-15-7-6-10-18(13-15)26-24(29)21-22(16-11-12-19(28)20(14-16)31-2)27(32-23(21)25(26)30)17-8-4-3-5-9-17/h3-14,21-23,28H,1-2H3/t21-,22-,23+/m1/s1. The Kier molecular flexibility index (Phi) is 4.83. The molecule has 0 aliphatic carbocycles. The van der Waals surface area contributed by atoms with Crippen LogP contribution in [-0.2, 0) is 14.4 Å². The van der Waals surface area contributed by atoms with Crippen LogP contribution in [0.2, 0.25) is 0 Å². The monoisotopic (exact) mass is 430 g/mol. The number of aryl methyl sites for hydroxylation is 1. The van der Waals surface area contributed by atoms with Gasteiger partial charge in [0.1, 0.15) is 5.92 Å². The number of phenols is 1. The van der Waals surface area contributed by atoms with Gasteiger partial charge in [0.15, 0.2) is 17.6 Å². The number of benzene rings is 3. The average Bonchev–Trinajstić information content (AvgIpc) is 3.31. The lowest BCUT2D eigenvalue weighted by molar-refractivity contribution is -0.126. The fraction of sp³-hybridized carbons (Fsp3) is 0.200. The molecule has 2 fully saturated rings. The molecule has 2 saturated heterocycles. The van der Waals surface area contributed by atoms with E-state index in [9.17, 15) is 14.7 Å². The van der Waals surface area contributed by atoms with Crippen LogP contribution in [0.25, 0.3) is 0 Å². The molecule has 162 valence electrons. The summed E-state index contributed by atoms with van der Waals surface area (Å²) in [7, 11) is 1.46. The summed E-state index contributed by atoms with van der Waals surface area (Å²) in [6.07, 6.45) is -0.951. The molecule has 2 amide bonds. The number of rotatable bonds is 4. The molecule has 0 spiro atoms. The number of methoxy groups -OCH3 is 1. The highest BCUT2D eigenvalue weighted by Gasteiger charge is 2.60. The number of carbonyl (C=O) groups excluding carboxylic acids is 2. The fourth-order valence-electron chi connectivity index (χ4n) is 4.45. The highest BCUT2D eigenvalue weighted by atomic mass is 16.7. The van der Waals surface area contributed by atoms with E-state index in [1.807, 2.05) is 55.5 Å². The zero-order valence-electron chi connectivity index (χ0n) is 17.6. The molecule has 5 rings (SSSR count). The van der Waals surface area contributed by atoms with Crippen LogP contribution in [0.1, 0.15) is 17.2 Å². The lowest BCUT2D eigenvalue weighted by Gasteiger charge is -2.29. The number of nitrogens with zero attached hydrogens (tertiary/aromatic N) is 2. The largest absolute Gasteiger partial charge is 0.504 e. The van der Waals surface area contributed by atoms with Crippen molar-refractivity contribution in [3.8, 4) is 11.5 Å². The quantitative estimate of drug-likeness (QED) is 0.635. The van der Waals surface area contributed by atoms with Gasteiger partial charge in [-0.25, -0.2) is 9.96 Å². The zero-order chi connectivity index (χ0) is 22.4. The predicted molar refractivity (Wildman–Crippen MR) is 118 cm³/mol. The molecule has 3 aromatic rings. The Morgan fingerprint density at radius 1 is 0.906 bits per heavy atom. The topological polar surface area (TPSA) is 79.3 Å². The number of ether oxygens (including phenoxy) is 1. The molecule has 1 N–H and O–H groups in total. The molecule has 2 heterocycles. The molecular weight excluding hydrogens is 408 g/mol. The van der Waals surface area contributed by atoms with Gasteiger partial charge in [0.2, 0.25) is 5.91 Å². The SMILES string of the molecule is COc1cc([C@@H]2[C@H]3C(=O)N(c4cccc(C)c4)C(=O)[C@H]3ON2c2ccccc2)ccc1O. The average molecular weight is 430 g/mol. The molecule has 3 atom stereocenters. The van der Waals surface area contributed by atoms with E-state index in [0.29, 0.717) is 11.3 Å². The van der Waals surface area contributed by atoms with Crippen molar-refractivity contribution in [3.63, 3.8) is 0 Å². The maximum atomic E-state index is 13.6. The van der Waals surface area contributed by atoms with Gasteiger partial charge in [-0.1, -0.05) is 36.4 Å². The Morgan fingerprint density at radius 2 is 1.66 bits per heavy atom. The van der Waals surface area contributed by atoms with E-state index < -0.39 is 18.1 Å². The van der Waals surface area contributed by atoms with Gasteiger partial charge in [0.25, 0.3) is 5.91 Å². The molecule has 7 heteroatoms. The highest BCUT2D eigenvalue weighted by molar-refractivity contribution is 6.24. The maximum Gasteiger partial charge on any atom is 0.266 e. The highest BCUT2D eigenvalue weighted by Crippen LogP contribution is 2.48. The minimum absolute atomic E-state index is 0.00631. The van der Waals surface area contributed by atoms with Crippen LogP contribution in [0.3, 0.4) is 0 Å². The Balaban J connectivity index is 1.61. The van der Waals surface area contributed by atoms with E-state index >= 15 is 0 Å². The lowest BCUT2D eigenvalue weighted by Crippen LogP contribution is -2.37. The minimum atomic E-state index is -0.951. The number of phenolic OH excluding ortho intramolecular Hbond substituents is 1. The van der Waals surface area contributed by atoms with Crippen molar-refractivity contribution >= 4 is 23.2 Å². The Labute approximate surface area is 185 Å². The smallest absolute Gasteiger partial charge is 0.266 e. The number of hydrogen-bond donors (Lipinski definition) is 1. The second-order valence-corrected chi connectivity index (χ2v) is 7.94. The molecule has 2 aliphatic heterocycles. The summed E-state index contributed by atoms with van der Waals surface area (Å²) < 4.78 is 5.28. The van der Waals surface area contributed by atoms with Crippen LogP contribution < -0.4 is 14.7 Å². The van der Waals surface area contributed by atoms with Gasteiger partial charge in [-0.3, -0.25) is 14.4 Å². The summed E-state index contributed by atoms with van der Waals surface area (Å²) in [6, 6.07) is 21.0. The summed E-state index contributed by atoms with van der Waals surface area (Å²) in [5.74, 6) is -1.18. The van der Waals surface area contributed by atoms with E-state index in [1.54, 1.807) is 23.3 Å². The third kappa shape index (κ3) is 3.09. The first kappa shape index (κ1) is 20.1. The van der Waals surface area contributed by atoms with Gasteiger partial charge in [-0.2, -0.15) is 0 Å². The van der Waals surface area contributed by atoms with Crippen molar-refractivity contribution in [2.45, 2.75) is 19.1 Å². The molecule has 0 radical (unpaired) electrons. The van der Waals surface area contributed by atoms with Crippen molar-refractivity contribution in [3.05, 3.63) is 83.9 Å². The summed E-state index contributed by atoms with van der Waals surface area (Å²) in [6.45, 7) is 1.91. The van der Waals surface area contributed by atoms with Gasteiger partial charge in [-0.15, -0.1) is 0 Å². The first-order valence-electron chi connectivity index (χ1n) is 10.3. The van der Waals surface area contributed by atoms with Gasteiger partial charge in [-0.05, 0) is 54.4 Å². The molecule has 2 aliphatic rings. The van der Waals surface area contributed by atoms with Crippen molar-refractivity contribution in [2.24, 2.45) is 5.92 Å². The number of para-hydroxylation sites is 1. The van der Waals surface area contributed by atoms with Gasteiger partial charge in [0.05, 0.1) is 24.5 Å². The Hall–Kier alpha value is -3.84. The number of hydrogen-bond acceptors (Lipinski definition) is 6. The minimum Gasteiger partial charge on any atom is -0.504 e. The van der Waals surface area contributed by atoms with Crippen molar-refractivity contribution < 1.29 is 24.3 Å².